The maximum atomic E-state index is 12.3. The molecule has 2 aromatic carbocycles. The minimum absolute atomic E-state index is 0.379. The maximum Gasteiger partial charge on any atom is 0.338 e. The molecule has 0 aromatic heterocycles. The van der Waals surface area contributed by atoms with Gasteiger partial charge in [0.2, 0.25) is 0 Å². The Morgan fingerprint density at radius 3 is 2.09 bits per heavy atom. The van der Waals surface area contributed by atoms with Gasteiger partial charge in [0.25, 0.3) is 0 Å². The number of hydrogen-bond donors (Lipinski definition) is 0. The Bertz CT molecular complexity index is 1290. The van der Waals surface area contributed by atoms with Gasteiger partial charge in [-0.3, -0.25) is 0 Å². The van der Waals surface area contributed by atoms with E-state index in [2.05, 4.69) is 50.9 Å². The molecule has 0 radical (unpaired) electrons. The molecular weight excluding hydrogens is 572 g/mol. The molecule has 0 saturated heterocycles. The van der Waals surface area contributed by atoms with Gasteiger partial charge in [-0.25, -0.2) is 4.79 Å². The summed E-state index contributed by atoms with van der Waals surface area (Å²) in [7, 11) is 1.63. The standard InChI is InChI=1S/C41H56O5/c1-7-10-32-11-13-33(14-12-32)34-15-17-36(18-16-34)40-27-38(46-41(42)29(2)3)23-24-39(40)35-19-21-37(22-20-35)45-26-9-8-25-44-31(5)30(4)28-43-6/h19-24,27,32-34,36H,2,4-5,7-18,25-26,28H2,1,3,6H3. The molecule has 2 aliphatic rings. The number of carbonyl (C=O) groups is 1. The van der Waals surface area contributed by atoms with Gasteiger partial charge in [0.05, 0.1) is 19.8 Å². The Balaban J connectivity index is 1.36. The highest BCUT2D eigenvalue weighted by atomic mass is 16.5. The van der Waals surface area contributed by atoms with Crippen LogP contribution in [0.3, 0.4) is 0 Å². The fourth-order valence-corrected chi connectivity index (χ4v) is 7.33. The van der Waals surface area contributed by atoms with Crippen molar-refractivity contribution in [2.75, 3.05) is 26.9 Å². The minimum atomic E-state index is -0.379. The number of methoxy groups -OCH3 is 1. The first-order valence-electron chi connectivity index (χ1n) is 17.5. The predicted molar refractivity (Wildman–Crippen MR) is 188 cm³/mol. The number of esters is 1. The molecule has 5 heteroatoms. The van der Waals surface area contributed by atoms with E-state index in [-0.39, 0.29) is 5.97 Å². The number of rotatable bonds is 17. The maximum absolute atomic E-state index is 12.3. The fourth-order valence-electron chi connectivity index (χ4n) is 7.33. The van der Waals surface area contributed by atoms with Crippen LogP contribution in [-0.2, 0) is 14.3 Å². The van der Waals surface area contributed by atoms with Crippen molar-refractivity contribution < 1.29 is 23.7 Å². The van der Waals surface area contributed by atoms with Crippen molar-refractivity contribution in [3.63, 3.8) is 0 Å². The SMILES string of the molecule is C=C(C)C(=O)Oc1ccc(-c2ccc(OCCCCOC(=C)C(=C)COC)cc2)c(C2CCC(C3CCC(CCC)CC3)CC2)c1. The second-order valence-electron chi connectivity index (χ2n) is 13.5. The quantitative estimate of drug-likeness (QED) is 0.0436. The largest absolute Gasteiger partial charge is 0.494 e. The van der Waals surface area contributed by atoms with E-state index in [0.717, 1.165) is 47.5 Å². The van der Waals surface area contributed by atoms with Gasteiger partial charge in [-0.2, -0.15) is 0 Å². The number of ether oxygens (including phenoxy) is 4. The summed E-state index contributed by atoms with van der Waals surface area (Å²) in [5, 5.41) is 0. The minimum Gasteiger partial charge on any atom is -0.494 e. The van der Waals surface area contributed by atoms with E-state index in [1.54, 1.807) is 14.0 Å². The molecule has 0 unspecified atom stereocenters. The third-order valence-corrected chi connectivity index (χ3v) is 10.0. The molecule has 0 heterocycles. The summed E-state index contributed by atoms with van der Waals surface area (Å²) in [6, 6.07) is 14.5. The highest BCUT2D eigenvalue weighted by molar-refractivity contribution is 5.89. The Kier molecular flexibility index (Phi) is 14.0. The normalized spacial score (nSPS) is 21.3. The zero-order valence-electron chi connectivity index (χ0n) is 28.6. The van der Waals surface area contributed by atoms with Crippen LogP contribution in [0, 0.1) is 17.8 Å². The van der Waals surface area contributed by atoms with Gasteiger partial charge >= 0.3 is 5.97 Å². The molecule has 5 nitrogen and oxygen atoms in total. The Morgan fingerprint density at radius 2 is 1.46 bits per heavy atom. The van der Waals surface area contributed by atoms with E-state index in [9.17, 15) is 4.79 Å². The number of hydrogen-bond acceptors (Lipinski definition) is 5. The summed E-state index contributed by atoms with van der Waals surface area (Å²) in [5.74, 6) is 4.81. The van der Waals surface area contributed by atoms with Gasteiger partial charge in [-0.05, 0) is 123 Å². The molecular formula is C41H56O5. The fraction of sp³-hybridized carbons (Fsp3) is 0.537. The summed E-state index contributed by atoms with van der Waals surface area (Å²) < 4.78 is 22.5. The second-order valence-corrected chi connectivity index (χ2v) is 13.5. The van der Waals surface area contributed by atoms with Gasteiger partial charge in [-0.1, -0.05) is 70.5 Å². The molecule has 46 heavy (non-hydrogen) atoms. The number of unbranched alkanes of at least 4 members (excludes halogenated alkanes) is 1. The predicted octanol–water partition coefficient (Wildman–Crippen LogP) is 10.6. The lowest BCUT2D eigenvalue weighted by molar-refractivity contribution is -0.130. The highest BCUT2D eigenvalue weighted by Crippen LogP contribution is 2.46. The molecule has 0 bridgehead atoms. The van der Waals surface area contributed by atoms with Crippen molar-refractivity contribution in [1.29, 1.82) is 0 Å². The van der Waals surface area contributed by atoms with Crippen LogP contribution in [0.2, 0.25) is 0 Å². The summed E-state index contributed by atoms with van der Waals surface area (Å²) in [6.07, 6.45) is 15.1. The van der Waals surface area contributed by atoms with Crippen LogP contribution < -0.4 is 9.47 Å². The van der Waals surface area contributed by atoms with Crippen LogP contribution in [-0.4, -0.2) is 32.9 Å². The van der Waals surface area contributed by atoms with E-state index in [0.29, 0.717) is 42.8 Å². The first kappa shape index (κ1) is 35.5. The molecule has 2 aliphatic carbocycles. The smallest absolute Gasteiger partial charge is 0.338 e. The van der Waals surface area contributed by atoms with Crippen LogP contribution in [0.15, 0.2) is 79.1 Å². The van der Waals surface area contributed by atoms with Gasteiger partial charge < -0.3 is 18.9 Å². The van der Waals surface area contributed by atoms with E-state index >= 15 is 0 Å². The van der Waals surface area contributed by atoms with Crippen LogP contribution in [0.25, 0.3) is 11.1 Å². The Hall–Kier alpha value is -3.31. The third kappa shape index (κ3) is 10.4. The monoisotopic (exact) mass is 628 g/mol. The van der Waals surface area contributed by atoms with Crippen LogP contribution in [0.4, 0.5) is 0 Å². The molecule has 2 saturated carbocycles. The molecule has 0 N–H and O–H groups in total. The van der Waals surface area contributed by atoms with E-state index in [1.165, 1.54) is 75.3 Å². The van der Waals surface area contributed by atoms with E-state index in [1.807, 2.05) is 18.2 Å². The van der Waals surface area contributed by atoms with Crippen LogP contribution >= 0.6 is 0 Å². The van der Waals surface area contributed by atoms with Crippen molar-refractivity contribution in [3.05, 3.63) is 84.7 Å². The lowest BCUT2D eigenvalue weighted by Gasteiger charge is -2.38. The lowest BCUT2D eigenvalue weighted by atomic mass is 9.67. The topological polar surface area (TPSA) is 54.0 Å². The van der Waals surface area contributed by atoms with Crippen molar-refractivity contribution in [1.82, 2.24) is 0 Å². The molecule has 4 rings (SSSR count). The second kappa shape index (κ2) is 18.1. The van der Waals surface area contributed by atoms with Gasteiger partial charge in [-0.15, -0.1) is 0 Å². The van der Waals surface area contributed by atoms with Gasteiger partial charge in [0, 0.05) is 18.3 Å². The lowest BCUT2D eigenvalue weighted by Crippen LogP contribution is -2.25. The molecule has 0 spiro atoms. The molecule has 0 atom stereocenters. The third-order valence-electron chi connectivity index (χ3n) is 10.0. The van der Waals surface area contributed by atoms with Crippen molar-refractivity contribution in [2.45, 2.75) is 96.8 Å². The Labute approximate surface area is 278 Å². The molecule has 2 fully saturated rings. The average molecular weight is 629 g/mol. The average Bonchev–Trinajstić information content (AvgIpc) is 3.07. The summed E-state index contributed by atoms with van der Waals surface area (Å²) in [4.78, 5) is 12.3. The van der Waals surface area contributed by atoms with Crippen molar-refractivity contribution in [2.24, 2.45) is 17.8 Å². The number of carbonyl (C=O) groups excluding carboxylic acids is 1. The van der Waals surface area contributed by atoms with Crippen LogP contribution in [0.1, 0.15) is 102 Å². The van der Waals surface area contributed by atoms with E-state index < -0.39 is 0 Å². The zero-order valence-corrected chi connectivity index (χ0v) is 28.6. The molecule has 2 aromatic rings. The van der Waals surface area contributed by atoms with Gasteiger partial charge in [0.1, 0.15) is 17.3 Å². The van der Waals surface area contributed by atoms with E-state index in [4.69, 9.17) is 18.9 Å². The van der Waals surface area contributed by atoms with Crippen LogP contribution in [0.5, 0.6) is 11.5 Å². The van der Waals surface area contributed by atoms with Crippen molar-refractivity contribution in [3.8, 4) is 22.6 Å². The molecule has 250 valence electrons. The zero-order chi connectivity index (χ0) is 32.9. The first-order valence-corrected chi connectivity index (χ1v) is 17.5. The van der Waals surface area contributed by atoms with Crippen molar-refractivity contribution >= 4 is 5.97 Å². The summed E-state index contributed by atoms with van der Waals surface area (Å²) >= 11 is 0. The van der Waals surface area contributed by atoms with Gasteiger partial charge in [0.15, 0.2) is 0 Å². The first-order chi connectivity index (χ1) is 22.3. The highest BCUT2D eigenvalue weighted by Gasteiger charge is 2.32. The molecule has 0 amide bonds. The number of benzene rings is 2. The molecule has 0 aliphatic heterocycles. The Morgan fingerprint density at radius 1 is 0.826 bits per heavy atom. The summed E-state index contributed by atoms with van der Waals surface area (Å²) in [6.45, 7) is 17.2. The summed E-state index contributed by atoms with van der Waals surface area (Å²) in [5.41, 5.74) is 4.80.